The molecule has 1 aromatic carbocycles. The van der Waals surface area contributed by atoms with Crippen molar-refractivity contribution in [2.24, 2.45) is 10.9 Å². The molecule has 1 aromatic rings. The highest BCUT2D eigenvalue weighted by molar-refractivity contribution is 5.95. The fourth-order valence-corrected chi connectivity index (χ4v) is 2.28. The highest BCUT2D eigenvalue weighted by Gasteiger charge is 2.21. The van der Waals surface area contributed by atoms with E-state index in [2.05, 4.69) is 21.5 Å². The Balaban J connectivity index is 1.71. The number of nitrogens with zero attached hydrogens (tertiary/aromatic N) is 2. The van der Waals surface area contributed by atoms with E-state index in [0.29, 0.717) is 18.3 Å². The molecule has 0 aromatic heterocycles. The number of guanidine groups is 1. The molecular weight excluding hydrogens is 316 g/mol. The third-order valence-electron chi connectivity index (χ3n) is 3.91. The smallest absolute Gasteiger partial charge is 0.243 e. The van der Waals surface area contributed by atoms with Crippen molar-refractivity contribution < 1.29 is 9.53 Å². The maximum absolute atomic E-state index is 12.1. The van der Waals surface area contributed by atoms with E-state index in [-0.39, 0.29) is 12.5 Å². The lowest BCUT2D eigenvalue weighted by Crippen LogP contribution is -2.43. The molecule has 0 heterocycles. The number of anilines is 1. The van der Waals surface area contributed by atoms with Crippen LogP contribution >= 0.6 is 0 Å². The topological polar surface area (TPSA) is 66.0 Å². The second-order valence-electron chi connectivity index (χ2n) is 6.11. The molecule has 6 nitrogen and oxygen atoms in total. The van der Waals surface area contributed by atoms with E-state index in [9.17, 15) is 4.79 Å². The van der Waals surface area contributed by atoms with E-state index in [1.54, 1.807) is 19.2 Å². The van der Waals surface area contributed by atoms with Gasteiger partial charge in [-0.15, -0.1) is 6.42 Å². The van der Waals surface area contributed by atoms with Gasteiger partial charge in [-0.25, -0.2) is 0 Å². The third kappa shape index (κ3) is 6.86. The minimum Gasteiger partial charge on any atom is -0.379 e. The molecule has 0 spiro atoms. The van der Waals surface area contributed by atoms with Gasteiger partial charge in [-0.1, -0.05) is 12.0 Å². The zero-order chi connectivity index (χ0) is 18.1. The molecule has 0 unspecified atom stereocenters. The molecule has 0 saturated heterocycles. The Morgan fingerprint density at radius 3 is 2.96 bits per heavy atom. The molecule has 0 aliphatic heterocycles. The largest absolute Gasteiger partial charge is 0.379 e. The minimum absolute atomic E-state index is 0.125. The fraction of sp³-hybridized carbons (Fsp3) is 0.474. The number of carbonyl (C=O) groups excluding carboxylic acids is 1. The Hall–Kier alpha value is -2.52. The van der Waals surface area contributed by atoms with Crippen molar-refractivity contribution in [1.82, 2.24) is 10.2 Å². The number of nitrogens with one attached hydrogen (secondary N) is 2. The van der Waals surface area contributed by atoms with Crippen LogP contribution in [0.5, 0.6) is 0 Å². The second kappa shape index (κ2) is 9.70. The average Bonchev–Trinajstić information content (AvgIpc) is 3.43. The van der Waals surface area contributed by atoms with Crippen LogP contribution in [0.25, 0.3) is 0 Å². The van der Waals surface area contributed by atoms with Crippen molar-refractivity contribution in [1.29, 1.82) is 0 Å². The quantitative estimate of drug-likeness (QED) is 0.326. The number of hydrogen-bond donors (Lipinski definition) is 2. The van der Waals surface area contributed by atoms with Gasteiger partial charge in [0.25, 0.3) is 0 Å². The maximum Gasteiger partial charge on any atom is 0.243 e. The molecule has 0 atom stereocenters. The summed E-state index contributed by atoms with van der Waals surface area (Å²) in [4.78, 5) is 18.2. The zero-order valence-corrected chi connectivity index (χ0v) is 14.9. The Kier molecular flexibility index (Phi) is 7.30. The van der Waals surface area contributed by atoms with E-state index in [1.807, 2.05) is 24.1 Å². The van der Waals surface area contributed by atoms with Crippen LogP contribution in [0.1, 0.15) is 18.4 Å². The van der Waals surface area contributed by atoms with E-state index < -0.39 is 0 Å². The summed E-state index contributed by atoms with van der Waals surface area (Å²) in [5.41, 5.74) is 1.41. The average molecular weight is 342 g/mol. The van der Waals surface area contributed by atoms with Crippen LogP contribution in [0.15, 0.2) is 29.3 Å². The zero-order valence-electron chi connectivity index (χ0n) is 14.9. The Bertz CT molecular complexity index is 647. The summed E-state index contributed by atoms with van der Waals surface area (Å²) in [6.45, 7) is 2.34. The molecule has 1 aliphatic carbocycles. The number of terminal acetylenes is 1. The molecule has 1 fully saturated rings. The van der Waals surface area contributed by atoms with Gasteiger partial charge in [-0.2, -0.15) is 0 Å². The van der Waals surface area contributed by atoms with E-state index in [0.717, 1.165) is 24.6 Å². The molecular formula is C19H26N4O2. The van der Waals surface area contributed by atoms with Crippen molar-refractivity contribution in [3.05, 3.63) is 29.8 Å². The highest BCUT2D eigenvalue weighted by atomic mass is 16.5. The molecule has 1 aliphatic rings. The number of benzene rings is 1. The molecule has 6 heteroatoms. The van der Waals surface area contributed by atoms with E-state index in [1.165, 1.54) is 12.8 Å². The molecule has 2 N–H and O–H groups in total. The van der Waals surface area contributed by atoms with Crippen molar-refractivity contribution >= 4 is 17.6 Å². The molecule has 25 heavy (non-hydrogen) atoms. The van der Waals surface area contributed by atoms with Gasteiger partial charge in [-0.3, -0.25) is 9.79 Å². The van der Waals surface area contributed by atoms with Gasteiger partial charge in [0.1, 0.15) is 0 Å². The monoisotopic (exact) mass is 342 g/mol. The minimum atomic E-state index is -0.159. The van der Waals surface area contributed by atoms with Crippen LogP contribution in [0.2, 0.25) is 0 Å². The molecule has 0 radical (unpaired) electrons. The normalized spacial score (nSPS) is 13.9. The lowest BCUT2D eigenvalue weighted by atomic mass is 10.2. The van der Waals surface area contributed by atoms with Crippen molar-refractivity contribution in [3.8, 4) is 12.3 Å². The summed E-state index contributed by atoms with van der Waals surface area (Å²) in [6.07, 6.45) is 7.94. The molecule has 1 saturated carbocycles. The van der Waals surface area contributed by atoms with Gasteiger partial charge in [0.2, 0.25) is 5.91 Å². The van der Waals surface area contributed by atoms with Crippen molar-refractivity contribution in [2.45, 2.75) is 12.8 Å². The summed E-state index contributed by atoms with van der Waals surface area (Å²) in [7, 11) is 3.61. The molecule has 134 valence electrons. The number of likely N-dealkylation sites (N-methyl/N-ethyl adjacent to an activating group) is 1. The SMILES string of the molecule is C#Cc1cccc(NC(=O)CNC(=NC)N(C)CCOCC2CC2)c1. The van der Waals surface area contributed by atoms with Crippen LogP contribution in [-0.4, -0.2) is 57.2 Å². The first kappa shape index (κ1) is 18.8. The van der Waals surface area contributed by atoms with E-state index >= 15 is 0 Å². The highest BCUT2D eigenvalue weighted by Crippen LogP contribution is 2.28. The van der Waals surface area contributed by atoms with Crippen LogP contribution < -0.4 is 10.6 Å². The lowest BCUT2D eigenvalue weighted by Gasteiger charge is -2.21. The second-order valence-corrected chi connectivity index (χ2v) is 6.11. The van der Waals surface area contributed by atoms with Gasteiger partial charge in [0.15, 0.2) is 5.96 Å². The number of rotatable bonds is 8. The van der Waals surface area contributed by atoms with Crippen LogP contribution in [0, 0.1) is 18.3 Å². The van der Waals surface area contributed by atoms with Gasteiger partial charge >= 0.3 is 0 Å². The number of hydrogen-bond acceptors (Lipinski definition) is 3. The number of amides is 1. The van der Waals surface area contributed by atoms with Crippen LogP contribution in [-0.2, 0) is 9.53 Å². The first-order valence-corrected chi connectivity index (χ1v) is 8.48. The van der Waals surface area contributed by atoms with Gasteiger partial charge in [0.05, 0.1) is 13.2 Å². The van der Waals surface area contributed by atoms with Gasteiger partial charge < -0.3 is 20.3 Å². The lowest BCUT2D eigenvalue weighted by molar-refractivity contribution is -0.115. The van der Waals surface area contributed by atoms with Crippen molar-refractivity contribution in [3.63, 3.8) is 0 Å². The first-order valence-electron chi connectivity index (χ1n) is 8.48. The van der Waals surface area contributed by atoms with Crippen LogP contribution in [0.3, 0.4) is 0 Å². The Morgan fingerprint density at radius 2 is 2.28 bits per heavy atom. The number of aliphatic imine (C=N–C) groups is 1. The predicted molar refractivity (Wildman–Crippen MR) is 101 cm³/mol. The summed E-state index contributed by atoms with van der Waals surface area (Å²) in [5, 5.41) is 5.86. The Morgan fingerprint density at radius 1 is 1.48 bits per heavy atom. The Labute approximate surface area is 149 Å². The summed E-state index contributed by atoms with van der Waals surface area (Å²) >= 11 is 0. The third-order valence-corrected chi connectivity index (χ3v) is 3.91. The summed E-state index contributed by atoms with van der Waals surface area (Å²) in [6, 6.07) is 7.19. The number of carbonyl (C=O) groups is 1. The summed E-state index contributed by atoms with van der Waals surface area (Å²) < 4.78 is 5.63. The number of ether oxygens (including phenoxy) is 1. The van der Waals surface area contributed by atoms with Gasteiger partial charge in [-0.05, 0) is 37.0 Å². The maximum atomic E-state index is 12.1. The molecule has 2 rings (SSSR count). The first-order chi connectivity index (χ1) is 12.1. The molecule has 0 bridgehead atoms. The fourth-order valence-electron chi connectivity index (χ4n) is 2.28. The molecule has 1 amide bonds. The predicted octanol–water partition coefficient (Wildman–Crippen LogP) is 1.54. The van der Waals surface area contributed by atoms with E-state index in [4.69, 9.17) is 11.2 Å². The van der Waals surface area contributed by atoms with Crippen LogP contribution in [0.4, 0.5) is 5.69 Å². The summed E-state index contributed by atoms with van der Waals surface area (Å²) in [5.74, 6) is 3.81. The standard InChI is InChI=1S/C19H26N4O2/c1-4-15-6-5-7-17(12-15)22-18(24)13-21-19(20-2)23(3)10-11-25-14-16-8-9-16/h1,5-7,12,16H,8-11,13-14H2,2-3H3,(H,20,21)(H,22,24). The van der Waals surface area contributed by atoms with Gasteiger partial charge in [0, 0.05) is 38.5 Å². The van der Waals surface area contributed by atoms with Crippen molar-refractivity contribution in [2.75, 3.05) is 45.7 Å².